The Morgan fingerprint density at radius 2 is 1.78 bits per heavy atom. The molecule has 27 heavy (non-hydrogen) atoms. The van der Waals surface area contributed by atoms with Crippen LogP contribution in [-0.4, -0.2) is 26.8 Å². The Kier molecular flexibility index (Phi) is 4.74. The van der Waals surface area contributed by atoms with Crippen molar-refractivity contribution in [3.63, 3.8) is 0 Å². The number of carbonyl (C=O) groups is 2. The summed E-state index contributed by atoms with van der Waals surface area (Å²) in [6.07, 6.45) is 1.48. The summed E-state index contributed by atoms with van der Waals surface area (Å²) in [5, 5.41) is 18.5. The number of carboxylic acid groups (broad SMARTS) is 1. The van der Waals surface area contributed by atoms with Crippen molar-refractivity contribution in [3.8, 4) is 0 Å². The summed E-state index contributed by atoms with van der Waals surface area (Å²) in [4.78, 5) is 24.5. The monoisotopic (exact) mass is 365 g/mol. The maximum atomic E-state index is 12.7. The van der Waals surface area contributed by atoms with Crippen LogP contribution in [0, 0.1) is 6.92 Å². The molecule has 0 fully saturated rings. The van der Waals surface area contributed by atoms with Gasteiger partial charge in [-0.15, -0.1) is 0 Å². The Hall–Kier alpha value is -3.15. The Morgan fingerprint density at radius 1 is 1.11 bits per heavy atom. The molecule has 0 radical (unpaired) electrons. The van der Waals surface area contributed by atoms with Crippen LogP contribution >= 0.6 is 0 Å². The van der Waals surface area contributed by atoms with Crippen molar-refractivity contribution in [2.45, 2.75) is 39.3 Å². The predicted molar refractivity (Wildman–Crippen MR) is 104 cm³/mol. The normalized spacial score (nSPS) is 12.7. The van der Waals surface area contributed by atoms with Crippen LogP contribution in [0.1, 0.15) is 48.4 Å². The number of nitrogens with zero attached hydrogens (tertiary/aromatic N) is 2. The summed E-state index contributed by atoms with van der Waals surface area (Å²) < 4.78 is 1.76. The van der Waals surface area contributed by atoms with Crippen LogP contribution in [0.2, 0.25) is 0 Å². The average molecular weight is 365 g/mol. The van der Waals surface area contributed by atoms with Gasteiger partial charge in [0.05, 0.1) is 17.3 Å². The lowest BCUT2D eigenvalue weighted by Gasteiger charge is -2.21. The Balaban J connectivity index is 1.91. The fraction of sp³-hybridized carbons (Fsp3) is 0.286. The molecule has 0 spiro atoms. The Morgan fingerprint density at radius 3 is 2.37 bits per heavy atom. The van der Waals surface area contributed by atoms with Crippen molar-refractivity contribution in [1.82, 2.24) is 15.1 Å². The predicted octanol–water partition coefficient (Wildman–Crippen LogP) is 3.66. The van der Waals surface area contributed by atoms with Gasteiger partial charge in [-0.1, -0.05) is 36.4 Å². The van der Waals surface area contributed by atoms with Gasteiger partial charge in [0.25, 0.3) is 5.91 Å². The molecule has 2 N–H and O–H groups in total. The quantitative estimate of drug-likeness (QED) is 0.739. The van der Waals surface area contributed by atoms with Crippen LogP contribution in [0.25, 0.3) is 10.8 Å². The summed E-state index contributed by atoms with van der Waals surface area (Å²) in [6, 6.07) is 11.9. The zero-order chi connectivity index (χ0) is 19.8. The highest BCUT2D eigenvalue weighted by atomic mass is 16.4. The van der Waals surface area contributed by atoms with E-state index in [4.69, 9.17) is 0 Å². The van der Waals surface area contributed by atoms with Crippen molar-refractivity contribution in [1.29, 1.82) is 0 Å². The summed E-state index contributed by atoms with van der Waals surface area (Å²) in [5.41, 5.74) is 1.32. The molecule has 3 aromatic rings. The van der Waals surface area contributed by atoms with E-state index in [1.165, 1.54) is 6.20 Å². The zero-order valence-corrected chi connectivity index (χ0v) is 15.9. The van der Waals surface area contributed by atoms with Crippen molar-refractivity contribution in [2.24, 2.45) is 0 Å². The number of carboxylic acids is 1. The molecule has 1 aromatic heterocycles. The highest BCUT2D eigenvalue weighted by molar-refractivity contribution is 5.98. The molecule has 0 saturated carbocycles. The maximum absolute atomic E-state index is 12.7. The Labute approximate surface area is 157 Å². The van der Waals surface area contributed by atoms with E-state index < -0.39 is 17.9 Å². The van der Waals surface area contributed by atoms with E-state index >= 15 is 0 Å². The lowest BCUT2D eigenvalue weighted by atomic mass is 10.0. The first-order valence-electron chi connectivity index (χ1n) is 8.76. The smallest absolute Gasteiger partial charge is 0.330 e. The molecular formula is C21H23N3O3. The number of aliphatic carboxylic acids is 1. The third-order valence-electron chi connectivity index (χ3n) is 4.52. The van der Waals surface area contributed by atoms with E-state index in [1.807, 2.05) is 51.1 Å². The molecule has 0 aliphatic carbocycles. The van der Waals surface area contributed by atoms with E-state index in [9.17, 15) is 14.7 Å². The minimum Gasteiger partial charge on any atom is -0.479 e. The molecule has 3 rings (SSSR count). The van der Waals surface area contributed by atoms with E-state index in [0.29, 0.717) is 16.8 Å². The van der Waals surface area contributed by atoms with Gasteiger partial charge in [0.15, 0.2) is 6.04 Å². The maximum Gasteiger partial charge on any atom is 0.330 e. The second-order valence-electron chi connectivity index (χ2n) is 7.58. The third kappa shape index (κ3) is 3.69. The van der Waals surface area contributed by atoms with Gasteiger partial charge >= 0.3 is 5.97 Å². The minimum atomic E-state index is -1.14. The number of rotatable bonds is 4. The van der Waals surface area contributed by atoms with E-state index in [-0.39, 0.29) is 5.54 Å². The van der Waals surface area contributed by atoms with Crippen LogP contribution in [0.3, 0.4) is 0 Å². The summed E-state index contributed by atoms with van der Waals surface area (Å²) in [7, 11) is 0. The van der Waals surface area contributed by atoms with Crippen LogP contribution in [-0.2, 0) is 10.3 Å². The van der Waals surface area contributed by atoms with Crippen molar-refractivity contribution in [2.75, 3.05) is 0 Å². The molecule has 6 heteroatoms. The number of benzene rings is 2. The van der Waals surface area contributed by atoms with Gasteiger partial charge in [0, 0.05) is 5.69 Å². The second-order valence-corrected chi connectivity index (χ2v) is 7.58. The fourth-order valence-electron chi connectivity index (χ4n) is 3.19. The van der Waals surface area contributed by atoms with Gasteiger partial charge in [0.1, 0.15) is 0 Å². The molecule has 0 bridgehead atoms. The van der Waals surface area contributed by atoms with Crippen LogP contribution in [0.5, 0.6) is 0 Å². The van der Waals surface area contributed by atoms with Crippen LogP contribution in [0.15, 0.2) is 48.7 Å². The first-order valence-corrected chi connectivity index (χ1v) is 8.76. The van der Waals surface area contributed by atoms with E-state index in [1.54, 1.807) is 23.7 Å². The zero-order valence-electron chi connectivity index (χ0n) is 15.9. The number of aromatic nitrogens is 2. The number of hydrogen-bond donors (Lipinski definition) is 2. The fourth-order valence-corrected chi connectivity index (χ4v) is 3.19. The lowest BCUT2D eigenvalue weighted by Crippen LogP contribution is -2.34. The van der Waals surface area contributed by atoms with Crippen LogP contribution in [0.4, 0.5) is 0 Å². The average Bonchev–Trinajstić information content (AvgIpc) is 3.00. The van der Waals surface area contributed by atoms with Crippen molar-refractivity contribution in [3.05, 3.63) is 65.5 Å². The number of nitrogens with one attached hydrogen (secondary N) is 1. The highest BCUT2D eigenvalue weighted by Gasteiger charge is 2.26. The van der Waals surface area contributed by atoms with Gasteiger partial charge in [-0.2, -0.15) is 5.10 Å². The molecule has 1 heterocycles. The third-order valence-corrected chi connectivity index (χ3v) is 4.52. The number of carbonyl (C=O) groups excluding carboxylic acids is 1. The summed E-state index contributed by atoms with van der Waals surface area (Å²) in [6.45, 7) is 7.77. The molecule has 0 saturated heterocycles. The van der Waals surface area contributed by atoms with Crippen molar-refractivity contribution >= 4 is 22.6 Å². The van der Waals surface area contributed by atoms with E-state index in [0.717, 1.165) is 10.8 Å². The molecule has 0 aliphatic rings. The van der Waals surface area contributed by atoms with E-state index in [2.05, 4.69) is 10.4 Å². The van der Waals surface area contributed by atoms with Gasteiger partial charge in [0.2, 0.25) is 0 Å². The summed E-state index contributed by atoms with van der Waals surface area (Å²) >= 11 is 0. The molecule has 140 valence electrons. The second kappa shape index (κ2) is 6.87. The SMILES string of the molecule is Cc1c(C(=O)NC(C(=O)O)c2ccc3ccccc3c2)cnn1C(C)(C)C. The Bertz CT molecular complexity index is 1010. The largest absolute Gasteiger partial charge is 0.479 e. The van der Waals surface area contributed by atoms with Crippen molar-refractivity contribution < 1.29 is 14.7 Å². The molecular weight excluding hydrogens is 342 g/mol. The highest BCUT2D eigenvalue weighted by Crippen LogP contribution is 2.22. The lowest BCUT2D eigenvalue weighted by molar-refractivity contribution is -0.139. The molecule has 1 unspecified atom stereocenters. The molecule has 1 amide bonds. The van der Waals surface area contributed by atoms with Crippen LogP contribution < -0.4 is 5.32 Å². The number of fused-ring (bicyclic) bond motifs is 1. The first-order chi connectivity index (χ1) is 12.7. The minimum absolute atomic E-state index is 0.271. The first kappa shape index (κ1) is 18.6. The van der Waals surface area contributed by atoms with Gasteiger partial charge in [-0.05, 0) is 50.1 Å². The topological polar surface area (TPSA) is 84.2 Å². The molecule has 0 aliphatic heterocycles. The number of amides is 1. The summed E-state index contributed by atoms with van der Waals surface area (Å²) in [5.74, 6) is -1.57. The van der Waals surface area contributed by atoms with Gasteiger partial charge in [-0.3, -0.25) is 9.48 Å². The standard InChI is InChI=1S/C21H23N3O3/c1-13-17(12-22-24(13)21(2,3)4)19(25)23-18(20(26)27)16-10-9-14-7-5-6-8-15(14)11-16/h5-12,18H,1-4H3,(H,23,25)(H,26,27). The van der Waals surface area contributed by atoms with Gasteiger partial charge < -0.3 is 10.4 Å². The molecule has 6 nitrogen and oxygen atoms in total. The molecule has 2 aromatic carbocycles. The van der Waals surface area contributed by atoms with Gasteiger partial charge in [-0.25, -0.2) is 4.79 Å². The number of hydrogen-bond acceptors (Lipinski definition) is 3. The molecule has 1 atom stereocenters.